The molecule has 1 heterocycles. The van der Waals surface area contributed by atoms with Gasteiger partial charge < -0.3 is 15.0 Å². The highest BCUT2D eigenvalue weighted by atomic mass is 16.6. The van der Waals surface area contributed by atoms with Crippen LogP contribution in [-0.4, -0.2) is 41.8 Å². The van der Waals surface area contributed by atoms with Gasteiger partial charge in [0.2, 0.25) is 0 Å². The molecule has 1 spiro atoms. The standard InChI is InChI=1S/C15H28N2O2/c1-11(2)16-12-9-15(12)7-6-8-17(10-15)13(18)19-14(3,4)5/h11-12,16H,6-10H2,1-5H3/t12-,15?/m0/s1. The number of rotatable bonds is 2. The van der Waals surface area contributed by atoms with Crippen LogP contribution in [0.25, 0.3) is 0 Å². The molecule has 1 aliphatic carbocycles. The van der Waals surface area contributed by atoms with Gasteiger partial charge in [-0.3, -0.25) is 0 Å². The Morgan fingerprint density at radius 2 is 2.11 bits per heavy atom. The van der Waals surface area contributed by atoms with Gasteiger partial charge in [-0.1, -0.05) is 13.8 Å². The summed E-state index contributed by atoms with van der Waals surface area (Å²) in [6.45, 7) is 11.8. The predicted molar refractivity (Wildman–Crippen MR) is 76.2 cm³/mol. The smallest absolute Gasteiger partial charge is 0.410 e. The van der Waals surface area contributed by atoms with Crippen molar-refractivity contribution < 1.29 is 9.53 Å². The first-order valence-electron chi connectivity index (χ1n) is 7.46. The summed E-state index contributed by atoms with van der Waals surface area (Å²) in [4.78, 5) is 14.0. The zero-order valence-corrected chi connectivity index (χ0v) is 13.0. The number of ether oxygens (including phenoxy) is 1. The molecule has 1 saturated heterocycles. The first kappa shape index (κ1) is 14.6. The Morgan fingerprint density at radius 3 is 2.68 bits per heavy atom. The predicted octanol–water partition coefficient (Wildman–Crippen LogP) is 2.77. The Bertz CT molecular complexity index is 349. The molecule has 2 rings (SSSR count). The average molecular weight is 268 g/mol. The molecule has 2 fully saturated rings. The van der Waals surface area contributed by atoms with Crippen LogP contribution in [0.2, 0.25) is 0 Å². The molecule has 1 aliphatic heterocycles. The van der Waals surface area contributed by atoms with E-state index in [0.29, 0.717) is 17.5 Å². The lowest BCUT2D eigenvalue weighted by Crippen LogP contribution is -2.45. The van der Waals surface area contributed by atoms with Crippen molar-refractivity contribution in [2.24, 2.45) is 5.41 Å². The minimum absolute atomic E-state index is 0.151. The van der Waals surface area contributed by atoms with Crippen molar-refractivity contribution in [3.05, 3.63) is 0 Å². The van der Waals surface area contributed by atoms with Gasteiger partial charge in [-0.15, -0.1) is 0 Å². The third kappa shape index (κ3) is 3.62. The van der Waals surface area contributed by atoms with Crippen molar-refractivity contribution in [3.63, 3.8) is 0 Å². The molecule has 4 heteroatoms. The molecular formula is C15H28N2O2. The third-order valence-electron chi connectivity index (χ3n) is 3.98. The molecule has 0 bridgehead atoms. The number of likely N-dealkylation sites (tertiary alicyclic amines) is 1. The SMILES string of the molecule is CC(C)N[C@H]1CC12CCCN(C(=O)OC(C)(C)C)C2. The topological polar surface area (TPSA) is 41.6 Å². The van der Waals surface area contributed by atoms with Crippen LogP contribution in [0.5, 0.6) is 0 Å². The number of nitrogens with zero attached hydrogens (tertiary/aromatic N) is 1. The Balaban J connectivity index is 1.90. The van der Waals surface area contributed by atoms with Gasteiger partial charge in [0.05, 0.1) is 0 Å². The van der Waals surface area contributed by atoms with Gasteiger partial charge in [-0.2, -0.15) is 0 Å². The molecule has 4 nitrogen and oxygen atoms in total. The number of amides is 1. The second kappa shape index (κ2) is 4.97. The summed E-state index contributed by atoms with van der Waals surface area (Å²) in [5.41, 5.74) is -0.0831. The van der Waals surface area contributed by atoms with Crippen molar-refractivity contribution in [3.8, 4) is 0 Å². The van der Waals surface area contributed by atoms with Crippen LogP contribution in [0, 0.1) is 5.41 Å². The van der Waals surface area contributed by atoms with Crippen LogP contribution in [0.1, 0.15) is 53.9 Å². The number of hydrogen-bond acceptors (Lipinski definition) is 3. The number of hydrogen-bond donors (Lipinski definition) is 1. The molecule has 0 aromatic rings. The molecule has 1 amide bonds. The first-order valence-corrected chi connectivity index (χ1v) is 7.46. The van der Waals surface area contributed by atoms with Crippen molar-refractivity contribution in [2.75, 3.05) is 13.1 Å². The Kier molecular flexibility index (Phi) is 3.83. The highest BCUT2D eigenvalue weighted by Crippen LogP contribution is 2.52. The monoisotopic (exact) mass is 268 g/mol. The van der Waals surface area contributed by atoms with Crippen LogP contribution in [0.15, 0.2) is 0 Å². The van der Waals surface area contributed by atoms with E-state index in [1.807, 2.05) is 25.7 Å². The summed E-state index contributed by atoms with van der Waals surface area (Å²) >= 11 is 0. The number of piperidine rings is 1. The molecule has 2 atom stereocenters. The summed E-state index contributed by atoms with van der Waals surface area (Å²) < 4.78 is 5.48. The van der Waals surface area contributed by atoms with E-state index < -0.39 is 5.60 Å². The molecule has 0 aromatic carbocycles. The van der Waals surface area contributed by atoms with Gasteiger partial charge in [0.15, 0.2) is 0 Å². The maximum Gasteiger partial charge on any atom is 0.410 e. The highest BCUT2D eigenvalue weighted by Gasteiger charge is 2.56. The molecular weight excluding hydrogens is 240 g/mol. The van der Waals surface area contributed by atoms with E-state index in [1.54, 1.807) is 0 Å². The van der Waals surface area contributed by atoms with Crippen LogP contribution in [0.4, 0.5) is 4.79 Å². The molecule has 19 heavy (non-hydrogen) atoms. The Hall–Kier alpha value is -0.770. The first-order chi connectivity index (χ1) is 8.72. The van der Waals surface area contributed by atoms with Crippen molar-refractivity contribution in [1.82, 2.24) is 10.2 Å². The average Bonchev–Trinajstić information content (AvgIpc) is 2.86. The quantitative estimate of drug-likeness (QED) is 0.837. The summed E-state index contributed by atoms with van der Waals surface area (Å²) in [5.74, 6) is 0. The third-order valence-corrected chi connectivity index (χ3v) is 3.98. The maximum absolute atomic E-state index is 12.1. The van der Waals surface area contributed by atoms with E-state index in [2.05, 4.69) is 19.2 Å². The molecule has 110 valence electrons. The van der Waals surface area contributed by atoms with E-state index in [-0.39, 0.29) is 6.09 Å². The Morgan fingerprint density at radius 1 is 1.42 bits per heavy atom. The summed E-state index contributed by atoms with van der Waals surface area (Å²) in [6, 6.07) is 1.10. The maximum atomic E-state index is 12.1. The van der Waals surface area contributed by atoms with Gasteiger partial charge in [0, 0.05) is 30.6 Å². The number of carbonyl (C=O) groups excluding carboxylic acids is 1. The second-order valence-corrected chi connectivity index (χ2v) is 7.45. The zero-order valence-electron chi connectivity index (χ0n) is 13.0. The van der Waals surface area contributed by atoms with E-state index >= 15 is 0 Å². The number of carbonyl (C=O) groups is 1. The van der Waals surface area contributed by atoms with Crippen LogP contribution < -0.4 is 5.32 Å². The normalized spacial score (nSPS) is 30.8. The lowest BCUT2D eigenvalue weighted by atomic mass is 9.94. The van der Waals surface area contributed by atoms with Crippen molar-refractivity contribution >= 4 is 6.09 Å². The fourth-order valence-corrected chi connectivity index (χ4v) is 3.08. The summed E-state index contributed by atoms with van der Waals surface area (Å²) in [7, 11) is 0. The molecule has 0 radical (unpaired) electrons. The molecule has 0 aromatic heterocycles. The van der Waals surface area contributed by atoms with E-state index in [9.17, 15) is 4.79 Å². The lowest BCUT2D eigenvalue weighted by molar-refractivity contribution is 0.0141. The van der Waals surface area contributed by atoms with E-state index in [1.165, 1.54) is 12.8 Å². The van der Waals surface area contributed by atoms with Gasteiger partial charge in [-0.05, 0) is 40.0 Å². The van der Waals surface area contributed by atoms with Crippen LogP contribution in [-0.2, 0) is 4.74 Å². The van der Waals surface area contributed by atoms with E-state index in [0.717, 1.165) is 19.5 Å². The van der Waals surface area contributed by atoms with Crippen LogP contribution in [0.3, 0.4) is 0 Å². The van der Waals surface area contributed by atoms with E-state index in [4.69, 9.17) is 4.74 Å². The zero-order chi connectivity index (χ0) is 14.3. The fourth-order valence-electron chi connectivity index (χ4n) is 3.08. The second-order valence-electron chi connectivity index (χ2n) is 7.45. The fraction of sp³-hybridized carbons (Fsp3) is 0.933. The summed E-state index contributed by atoms with van der Waals surface area (Å²) in [6.07, 6.45) is 3.37. The lowest BCUT2D eigenvalue weighted by Gasteiger charge is -2.35. The number of nitrogens with one attached hydrogen (secondary N) is 1. The highest BCUT2D eigenvalue weighted by molar-refractivity contribution is 5.68. The Labute approximate surface area is 116 Å². The molecule has 1 unspecified atom stereocenters. The van der Waals surface area contributed by atoms with Crippen molar-refractivity contribution in [2.45, 2.75) is 71.6 Å². The van der Waals surface area contributed by atoms with Gasteiger partial charge in [-0.25, -0.2) is 4.79 Å². The van der Waals surface area contributed by atoms with Gasteiger partial charge in [0.1, 0.15) is 5.60 Å². The van der Waals surface area contributed by atoms with Crippen molar-refractivity contribution in [1.29, 1.82) is 0 Å². The molecule has 1 saturated carbocycles. The van der Waals surface area contributed by atoms with Gasteiger partial charge >= 0.3 is 6.09 Å². The molecule has 1 N–H and O–H groups in total. The van der Waals surface area contributed by atoms with Gasteiger partial charge in [0.25, 0.3) is 0 Å². The minimum Gasteiger partial charge on any atom is -0.444 e. The largest absolute Gasteiger partial charge is 0.444 e. The minimum atomic E-state index is -0.402. The summed E-state index contributed by atoms with van der Waals surface area (Å²) in [5, 5.41) is 3.61. The molecule has 2 aliphatic rings. The van der Waals surface area contributed by atoms with Crippen LogP contribution >= 0.6 is 0 Å².